The van der Waals surface area contributed by atoms with Crippen LogP contribution in [0.25, 0.3) is 11.1 Å². The summed E-state index contributed by atoms with van der Waals surface area (Å²) < 4.78 is 5.05. The van der Waals surface area contributed by atoms with Crippen molar-refractivity contribution in [3.63, 3.8) is 0 Å². The van der Waals surface area contributed by atoms with Crippen molar-refractivity contribution in [2.45, 2.75) is 32.4 Å². The Morgan fingerprint density at radius 2 is 1.91 bits per heavy atom. The lowest BCUT2D eigenvalue weighted by molar-refractivity contribution is 0.0983. The molecule has 11 nitrogen and oxygen atoms in total. The second-order valence-corrected chi connectivity index (χ2v) is 7.30. The molecule has 2 aromatic rings. The molecule has 11 heteroatoms. The Labute approximate surface area is 186 Å². The van der Waals surface area contributed by atoms with E-state index < -0.39 is 6.03 Å². The number of ether oxygens (including phenoxy) is 1. The molecule has 1 fully saturated rings. The number of piperidine rings is 1. The van der Waals surface area contributed by atoms with E-state index in [1.807, 2.05) is 24.3 Å². The first-order valence-corrected chi connectivity index (χ1v) is 10.4. The van der Waals surface area contributed by atoms with Gasteiger partial charge in [0.15, 0.2) is 5.96 Å². The third kappa shape index (κ3) is 6.56. The number of guanidine groups is 1. The quantitative estimate of drug-likeness (QED) is 0.389. The fraction of sp³-hybridized carbons (Fsp3) is 0.381. The third-order valence-corrected chi connectivity index (χ3v) is 4.94. The summed E-state index contributed by atoms with van der Waals surface area (Å²) in [6.45, 7) is 3.75. The Kier molecular flexibility index (Phi) is 7.79. The standard InChI is InChI=1S/C21H28N8O3/c1-2-32-21(31)29-8-6-17(7-9-29)27-19-24-12-16(13-25-19)15-5-3-4-14(10-15)11-26-20(30)28-18(22)23/h3-5,10,12-13,17H,2,6-9,11H2,1H3,(H,24,25,27)(H5,22,23,26,28,30). The lowest BCUT2D eigenvalue weighted by Crippen LogP contribution is -2.42. The molecule has 0 unspecified atom stereocenters. The SMILES string of the molecule is CCOC(=O)N1CCC(Nc2ncc(-c3cccc(CNC(=O)N=C(N)N)c3)cn2)CC1. The van der Waals surface area contributed by atoms with E-state index in [1.54, 1.807) is 24.2 Å². The first-order valence-electron chi connectivity index (χ1n) is 10.4. The highest BCUT2D eigenvalue weighted by Crippen LogP contribution is 2.21. The van der Waals surface area contributed by atoms with Crippen LogP contribution in [0.3, 0.4) is 0 Å². The van der Waals surface area contributed by atoms with Crippen LogP contribution in [0.5, 0.6) is 0 Å². The number of aliphatic imine (C=N–C) groups is 1. The molecule has 1 aromatic carbocycles. The highest BCUT2D eigenvalue weighted by molar-refractivity contribution is 5.90. The molecule has 0 radical (unpaired) electrons. The van der Waals surface area contributed by atoms with Gasteiger partial charge in [-0.05, 0) is 37.0 Å². The summed E-state index contributed by atoms with van der Waals surface area (Å²) in [6.07, 6.45) is 4.85. The molecule has 1 aliphatic rings. The fourth-order valence-corrected chi connectivity index (χ4v) is 3.35. The van der Waals surface area contributed by atoms with Crippen molar-refractivity contribution in [3.8, 4) is 11.1 Å². The number of amides is 3. The van der Waals surface area contributed by atoms with E-state index in [0.717, 1.165) is 29.5 Å². The molecule has 3 rings (SSSR count). The largest absolute Gasteiger partial charge is 0.450 e. The second-order valence-electron chi connectivity index (χ2n) is 7.30. The zero-order chi connectivity index (χ0) is 22.9. The zero-order valence-electron chi connectivity index (χ0n) is 18.0. The molecule has 1 aromatic heterocycles. The van der Waals surface area contributed by atoms with Crippen molar-refractivity contribution in [3.05, 3.63) is 42.2 Å². The molecule has 2 heterocycles. The van der Waals surface area contributed by atoms with Crippen LogP contribution in [0.1, 0.15) is 25.3 Å². The fourth-order valence-electron chi connectivity index (χ4n) is 3.35. The first kappa shape index (κ1) is 22.8. The summed E-state index contributed by atoms with van der Waals surface area (Å²) in [7, 11) is 0. The monoisotopic (exact) mass is 440 g/mol. The van der Waals surface area contributed by atoms with Gasteiger partial charge in [-0.3, -0.25) is 0 Å². The average Bonchev–Trinajstić information content (AvgIpc) is 2.79. The van der Waals surface area contributed by atoms with Gasteiger partial charge in [-0.1, -0.05) is 18.2 Å². The van der Waals surface area contributed by atoms with Crippen LogP contribution in [0.4, 0.5) is 15.5 Å². The van der Waals surface area contributed by atoms with Crippen LogP contribution < -0.4 is 22.1 Å². The Morgan fingerprint density at radius 1 is 1.19 bits per heavy atom. The number of carbonyl (C=O) groups excluding carboxylic acids is 2. The van der Waals surface area contributed by atoms with Crippen LogP contribution in [-0.4, -0.2) is 58.7 Å². The number of likely N-dealkylation sites (tertiary alicyclic amines) is 1. The van der Waals surface area contributed by atoms with Gasteiger partial charge in [0.2, 0.25) is 5.95 Å². The van der Waals surface area contributed by atoms with E-state index in [4.69, 9.17) is 16.2 Å². The van der Waals surface area contributed by atoms with Gasteiger partial charge < -0.3 is 31.7 Å². The summed E-state index contributed by atoms with van der Waals surface area (Å²) in [5, 5.41) is 5.95. The Hall–Kier alpha value is -3.89. The molecule has 0 aliphatic carbocycles. The Bertz CT molecular complexity index is 952. The summed E-state index contributed by atoms with van der Waals surface area (Å²) in [5.74, 6) is 0.260. The molecule has 0 bridgehead atoms. The number of benzene rings is 1. The second kappa shape index (κ2) is 10.9. The molecule has 3 amide bonds. The van der Waals surface area contributed by atoms with Gasteiger partial charge >= 0.3 is 12.1 Å². The van der Waals surface area contributed by atoms with Crippen LogP contribution in [-0.2, 0) is 11.3 Å². The number of nitrogens with one attached hydrogen (secondary N) is 2. The van der Waals surface area contributed by atoms with Crippen molar-refractivity contribution in [2.75, 3.05) is 25.0 Å². The highest BCUT2D eigenvalue weighted by Gasteiger charge is 2.23. The van der Waals surface area contributed by atoms with Crippen molar-refractivity contribution in [1.82, 2.24) is 20.2 Å². The summed E-state index contributed by atoms with van der Waals surface area (Å²) in [6, 6.07) is 7.26. The zero-order valence-corrected chi connectivity index (χ0v) is 18.0. The van der Waals surface area contributed by atoms with E-state index in [2.05, 4.69) is 25.6 Å². The van der Waals surface area contributed by atoms with Gasteiger partial charge in [0.1, 0.15) is 0 Å². The van der Waals surface area contributed by atoms with Gasteiger partial charge in [0.25, 0.3) is 0 Å². The Balaban J connectivity index is 1.54. The molecule has 1 aliphatic heterocycles. The number of aromatic nitrogens is 2. The van der Waals surface area contributed by atoms with Crippen LogP contribution in [0, 0.1) is 0 Å². The van der Waals surface area contributed by atoms with Gasteiger partial charge in [-0.25, -0.2) is 19.6 Å². The smallest absolute Gasteiger partial charge is 0.409 e. The molecule has 1 saturated heterocycles. The van der Waals surface area contributed by atoms with Crippen molar-refractivity contribution in [1.29, 1.82) is 0 Å². The van der Waals surface area contributed by atoms with E-state index in [1.165, 1.54) is 0 Å². The lowest BCUT2D eigenvalue weighted by atomic mass is 10.1. The van der Waals surface area contributed by atoms with E-state index in [9.17, 15) is 9.59 Å². The van der Waals surface area contributed by atoms with Crippen LogP contribution in [0.15, 0.2) is 41.7 Å². The topological polar surface area (TPSA) is 161 Å². The number of urea groups is 1. The number of carbonyl (C=O) groups is 2. The minimum atomic E-state index is -0.595. The molecular formula is C21H28N8O3. The maximum Gasteiger partial charge on any atom is 0.409 e. The Morgan fingerprint density at radius 3 is 2.56 bits per heavy atom. The predicted octanol–water partition coefficient (Wildman–Crippen LogP) is 1.66. The van der Waals surface area contributed by atoms with Crippen molar-refractivity contribution in [2.24, 2.45) is 16.5 Å². The van der Waals surface area contributed by atoms with Gasteiger partial charge in [-0.15, -0.1) is 0 Å². The minimum Gasteiger partial charge on any atom is -0.450 e. The molecule has 0 saturated carbocycles. The third-order valence-electron chi connectivity index (χ3n) is 4.94. The number of nitrogens with zero attached hydrogens (tertiary/aromatic N) is 4. The number of nitrogens with two attached hydrogens (primary N) is 2. The summed E-state index contributed by atoms with van der Waals surface area (Å²) in [5.41, 5.74) is 13.0. The summed E-state index contributed by atoms with van der Waals surface area (Å²) >= 11 is 0. The average molecular weight is 441 g/mol. The maximum atomic E-state index is 11.8. The van der Waals surface area contributed by atoms with E-state index in [-0.39, 0.29) is 24.6 Å². The number of hydrogen-bond acceptors (Lipinski definition) is 6. The van der Waals surface area contributed by atoms with Crippen molar-refractivity contribution >= 4 is 24.0 Å². The van der Waals surface area contributed by atoms with Crippen LogP contribution >= 0.6 is 0 Å². The van der Waals surface area contributed by atoms with E-state index in [0.29, 0.717) is 25.6 Å². The van der Waals surface area contributed by atoms with Gasteiger partial charge in [0, 0.05) is 43.6 Å². The maximum absolute atomic E-state index is 11.8. The van der Waals surface area contributed by atoms with Crippen molar-refractivity contribution < 1.29 is 14.3 Å². The highest BCUT2D eigenvalue weighted by atomic mass is 16.6. The molecular weight excluding hydrogens is 412 g/mol. The lowest BCUT2D eigenvalue weighted by Gasteiger charge is -2.31. The molecule has 0 atom stereocenters. The molecule has 32 heavy (non-hydrogen) atoms. The number of anilines is 1. The summed E-state index contributed by atoms with van der Waals surface area (Å²) in [4.78, 5) is 37.3. The van der Waals surface area contributed by atoms with E-state index >= 15 is 0 Å². The normalized spacial score (nSPS) is 13.8. The first-order chi connectivity index (χ1) is 15.4. The molecule has 0 spiro atoms. The number of hydrogen-bond donors (Lipinski definition) is 4. The minimum absolute atomic E-state index is 0.198. The molecule has 6 N–H and O–H groups in total. The van der Waals surface area contributed by atoms with Gasteiger partial charge in [-0.2, -0.15) is 4.99 Å². The van der Waals surface area contributed by atoms with Crippen LogP contribution in [0.2, 0.25) is 0 Å². The molecule has 170 valence electrons. The predicted molar refractivity (Wildman–Crippen MR) is 121 cm³/mol. The van der Waals surface area contributed by atoms with Gasteiger partial charge in [0.05, 0.1) is 6.61 Å². The number of rotatable bonds is 6.